The molecule has 1 saturated heterocycles. The van der Waals surface area contributed by atoms with Crippen LogP contribution in [0.15, 0.2) is 23.4 Å². The number of likely N-dealkylation sites (tertiary alicyclic amines) is 1. The van der Waals surface area contributed by atoms with Crippen molar-refractivity contribution in [2.75, 3.05) is 18.8 Å². The van der Waals surface area contributed by atoms with Gasteiger partial charge in [0, 0.05) is 19.3 Å². The van der Waals surface area contributed by atoms with Gasteiger partial charge in [-0.15, -0.1) is 0 Å². The highest BCUT2D eigenvalue weighted by atomic mass is 32.2. The Morgan fingerprint density at radius 1 is 1.43 bits per heavy atom. The van der Waals surface area contributed by atoms with Crippen molar-refractivity contribution in [1.29, 1.82) is 0 Å². The molecule has 2 rings (SSSR count). The van der Waals surface area contributed by atoms with Crippen LogP contribution in [0.3, 0.4) is 0 Å². The number of carbonyl (C=O) groups excluding carboxylic acids is 1. The number of hydrogen-bond donors (Lipinski definition) is 0. The second-order valence-electron chi connectivity index (χ2n) is 7.03. The van der Waals surface area contributed by atoms with Gasteiger partial charge >= 0.3 is 6.09 Å². The SMILES string of the molecule is Cc1ccnc(S(=O)(=O)CC2CCN(C(=O)OC(C)(C)C)C2)c1. The van der Waals surface area contributed by atoms with E-state index in [1.54, 1.807) is 17.0 Å². The topological polar surface area (TPSA) is 76.6 Å². The number of ether oxygens (including phenoxy) is 1. The molecule has 1 atom stereocenters. The van der Waals surface area contributed by atoms with Crippen LogP contribution in [0.25, 0.3) is 0 Å². The first-order valence-electron chi connectivity index (χ1n) is 7.70. The van der Waals surface area contributed by atoms with Gasteiger partial charge in [0.15, 0.2) is 14.9 Å². The van der Waals surface area contributed by atoms with Crippen LogP contribution in [0.4, 0.5) is 4.79 Å². The molecule has 0 radical (unpaired) electrons. The fraction of sp³-hybridized carbons (Fsp3) is 0.625. The molecule has 2 heterocycles. The predicted octanol–water partition coefficient (Wildman–Crippen LogP) is 2.42. The van der Waals surface area contributed by atoms with Crippen molar-refractivity contribution in [2.45, 2.75) is 44.7 Å². The molecule has 1 aromatic rings. The molecule has 7 heteroatoms. The first kappa shape index (κ1) is 17.7. The number of aryl methyl sites for hydroxylation is 1. The van der Waals surface area contributed by atoms with Gasteiger partial charge in [0.25, 0.3) is 0 Å². The summed E-state index contributed by atoms with van der Waals surface area (Å²) in [6.45, 7) is 8.20. The van der Waals surface area contributed by atoms with Gasteiger partial charge in [-0.2, -0.15) is 0 Å². The Morgan fingerprint density at radius 3 is 2.74 bits per heavy atom. The van der Waals surface area contributed by atoms with E-state index in [0.717, 1.165) is 5.56 Å². The Kier molecular flexibility index (Phi) is 4.98. The van der Waals surface area contributed by atoms with Crippen LogP contribution in [0, 0.1) is 12.8 Å². The second-order valence-corrected chi connectivity index (χ2v) is 9.02. The number of carbonyl (C=O) groups is 1. The van der Waals surface area contributed by atoms with Gasteiger partial charge in [0.1, 0.15) is 5.60 Å². The molecule has 1 amide bonds. The van der Waals surface area contributed by atoms with Crippen molar-refractivity contribution in [3.05, 3.63) is 23.9 Å². The Bertz CT molecular complexity index is 680. The van der Waals surface area contributed by atoms with Gasteiger partial charge in [0.2, 0.25) is 0 Å². The van der Waals surface area contributed by atoms with Gasteiger partial charge < -0.3 is 9.64 Å². The number of rotatable bonds is 3. The summed E-state index contributed by atoms with van der Waals surface area (Å²) in [6.07, 6.45) is 1.78. The summed E-state index contributed by atoms with van der Waals surface area (Å²) in [7, 11) is -3.44. The summed E-state index contributed by atoms with van der Waals surface area (Å²) in [5.41, 5.74) is 0.313. The minimum Gasteiger partial charge on any atom is -0.444 e. The lowest BCUT2D eigenvalue weighted by Gasteiger charge is -2.24. The van der Waals surface area contributed by atoms with Crippen molar-refractivity contribution >= 4 is 15.9 Å². The van der Waals surface area contributed by atoms with Crippen molar-refractivity contribution < 1.29 is 17.9 Å². The van der Waals surface area contributed by atoms with E-state index in [1.165, 1.54) is 6.20 Å². The summed E-state index contributed by atoms with van der Waals surface area (Å²) < 4.78 is 30.2. The molecule has 1 aliphatic heterocycles. The quantitative estimate of drug-likeness (QED) is 0.844. The standard InChI is InChI=1S/C16H24N2O4S/c1-12-5-7-17-14(9-12)23(20,21)11-13-6-8-18(10-13)15(19)22-16(2,3)4/h5,7,9,13H,6,8,10-11H2,1-4H3. The van der Waals surface area contributed by atoms with Gasteiger partial charge in [-0.3, -0.25) is 0 Å². The van der Waals surface area contributed by atoms with Crippen molar-refractivity contribution in [2.24, 2.45) is 5.92 Å². The number of nitrogens with zero attached hydrogens (tertiary/aromatic N) is 2. The van der Waals surface area contributed by atoms with E-state index in [2.05, 4.69) is 4.98 Å². The molecule has 23 heavy (non-hydrogen) atoms. The van der Waals surface area contributed by atoms with E-state index < -0.39 is 15.4 Å². The molecular weight excluding hydrogens is 316 g/mol. The summed E-state index contributed by atoms with van der Waals surface area (Å²) in [5.74, 6) is -0.0854. The highest BCUT2D eigenvalue weighted by molar-refractivity contribution is 7.91. The number of pyridine rings is 1. The number of sulfone groups is 1. The normalized spacial score (nSPS) is 19.0. The molecule has 0 saturated carbocycles. The fourth-order valence-corrected chi connectivity index (χ4v) is 4.19. The third-order valence-corrected chi connectivity index (χ3v) is 5.37. The zero-order valence-corrected chi connectivity index (χ0v) is 14.9. The van der Waals surface area contributed by atoms with Gasteiger partial charge in [0.05, 0.1) is 5.75 Å². The van der Waals surface area contributed by atoms with Gasteiger partial charge in [-0.1, -0.05) is 0 Å². The molecule has 0 aliphatic carbocycles. The van der Waals surface area contributed by atoms with Crippen LogP contribution in [-0.4, -0.2) is 48.8 Å². The summed E-state index contributed by atoms with van der Waals surface area (Å²) in [4.78, 5) is 17.6. The minimum absolute atomic E-state index is 0.00273. The van der Waals surface area contributed by atoms with E-state index in [0.29, 0.717) is 19.5 Å². The van der Waals surface area contributed by atoms with E-state index in [9.17, 15) is 13.2 Å². The molecule has 1 aromatic heterocycles. The average Bonchev–Trinajstić information content (AvgIpc) is 2.84. The fourth-order valence-electron chi connectivity index (χ4n) is 2.54. The van der Waals surface area contributed by atoms with Crippen molar-refractivity contribution in [1.82, 2.24) is 9.88 Å². The maximum atomic E-state index is 12.4. The first-order valence-corrected chi connectivity index (χ1v) is 9.35. The molecule has 1 aliphatic rings. The van der Waals surface area contributed by atoms with Gasteiger partial charge in [-0.25, -0.2) is 18.2 Å². The molecule has 1 unspecified atom stereocenters. The zero-order valence-electron chi connectivity index (χ0n) is 14.1. The molecule has 0 spiro atoms. The second kappa shape index (κ2) is 6.47. The van der Waals surface area contributed by atoms with E-state index in [-0.39, 0.29) is 22.8 Å². The Hall–Kier alpha value is -1.63. The highest BCUT2D eigenvalue weighted by Gasteiger charge is 2.33. The van der Waals surface area contributed by atoms with Crippen LogP contribution in [-0.2, 0) is 14.6 Å². The lowest BCUT2D eigenvalue weighted by atomic mass is 10.2. The minimum atomic E-state index is -3.44. The Balaban J connectivity index is 1.99. The molecule has 0 aromatic carbocycles. The van der Waals surface area contributed by atoms with Crippen LogP contribution in [0.5, 0.6) is 0 Å². The molecule has 6 nitrogen and oxygen atoms in total. The smallest absolute Gasteiger partial charge is 0.410 e. The monoisotopic (exact) mass is 340 g/mol. The number of hydrogen-bond acceptors (Lipinski definition) is 5. The summed E-state index contributed by atoms with van der Waals surface area (Å²) >= 11 is 0. The van der Waals surface area contributed by atoms with Crippen LogP contribution >= 0.6 is 0 Å². The van der Waals surface area contributed by atoms with Crippen molar-refractivity contribution in [3.63, 3.8) is 0 Å². The maximum absolute atomic E-state index is 12.4. The van der Waals surface area contributed by atoms with E-state index in [4.69, 9.17) is 4.74 Å². The lowest BCUT2D eigenvalue weighted by molar-refractivity contribution is 0.0289. The summed E-state index contributed by atoms with van der Waals surface area (Å²) in [6, 6.07) is 3.34. The number of amides is 1. The largest absolute Gasteiger partial charge is 0.444 e. The molecular formula is C16H24N2O4S. The molecule has 1 fully saturated rings. The summed E-state index contributed by atoms with van der Waals surface area (Å²) in [5, 5.41) is 0.105. The molecule has 0 bridgehead atoms. The number of aromatic nitrogens is 1. The zero-order chi connectivity index (χ0) is 17.3. The average molecular weight is 340 g/mol. The molecule has 0 N–H and O–H groups in total. The van der Waals surface area contributed by atoms with Crippen LogP contribution in [0.2, 0.25) is 0 Å². The van der Waals surface area contributed by atoms with E-state index >= 15 is 0 Å². The van der Waals surface area contributed by atoms with Crippen molar-refractivity contribution in [3.8, 4) is 0 Å². The maximum Gasteiger partial charge on any atom is 0.410 e. The lowest BCUT2D eigenvalue weighted by Crippen LogP contribution is -2.35. The molecule has 128 valence electrons. The third kappa shape index (κ3) is 4.92. The van der Waals surface area contributed by atoms with Crippen LogP contribution < -0.4 is 0 Å². The van der Waals surface area contributed by atoms with Crippen LogP contribution in [0.1, 0.15) is 32.8 Å². The predicted molar refractivity (Wildman–Crippen MR) is 86.9 cm³/mol. The third-order valence-electron chi connectivity index (χ3n) is 3.60. The highest BCUT2D eigenvalue weighted by Crippen LogP contribution is 2.23. The van der Waals surface area contributed by atoms with Gasteiger partial charge in [-0.05, 0) is 57.7 Å². The van der Waals surface area contributed by atoms with E-state index in [1.807, 2.05) is 27.7 Å². The Morgan fingerprint density at radius 2 is 2.13 bits per heavy atom. The first-order chi connectivity index (χ1) is 10.6. The Labute approximate surface area is 137 Å².